The number of rotatable bonds is 3. The summed E-state index contributed by atoms with van der Waals surface area (Å²) in [7, 11) is 0. The first kappa shape index (κ1) is 12.8. The Labute approximate surface area is 93.8 Å². The molecule has 0 atom stereocenters. The van der Waals surface area contributed by atoms with Gasteiger partial charge in [0.25, 0.3) is 0 Å². The van der Waals surface area contributed by atoms with Gasteiger partial charge >= 0.3 is 6.18 Å². The van der Waals surface area contributed by atoms with Crippen molar-refractivity contribution >= 4 is 0 Å². The Kier molecular flexibility index (Phi) is 3.79. The van der Waals surface area contributed by atoms with Crippen LogP contribution >= 0.6 is 0 Å². The number of hydrogen-bond acceptors (Lipinski definition) is 0. The number of halogens is 3. The summed E-state index contributed by atoms with van der Waals surface area (Å²) < 4.78 is 38.2. The quantitative estimate of drug-likeness (QED) is 0.718. The molecule has 87 valence electrons. The first-order chi connectivity index (χ1) is 7.40. The van der Waals surface area contributed by atoms with Crippen LogP contribution in [0.5, 0.6) is 0 Å². The Hall–Kier alpha value is -1.25. The van der Waals surface area contributed by atoms with Crippen LogP contribution in [0.15, 0.2) is 30.9 Å². The zero-order valence-electron chi connectivity index (χ0n) is 9.36. The normalized spacial score (nSPS) is 11.9. The van der Waals surface area contributed by atoms with Gasteiger partial charge in [0.1, 0.15) is 0 Å². The molecule has 0 bridgehead atoms. The highest BCUT2D eigenvalue weighted by Crippen LogP contribution is 2.34. The molecule has 0 amide bonds. The maximum atomic E-state index is 12.7. The Balaban J connectivity index is 3.27. The molecule has 1 radical (unpaired) electrons. The zero-order chi connectivity index (χ0) is 12.3. The minimum Gasteiger partial charge on any atom is -0.166 e. The predicted octanol–water partition coefficient (Wildman–Crippen LogP) is 4.40. The lowest BCUT2D eigenvalue weighted by Gasteiger charge is -2.15. The number of aryl methyl sites for hydroxylation is 1. The minimum absolute atomic E-state index is 0.327. The van der Waals surface area contributed by atoms with Crippen molar-refractivity contribution in [3.8, 4) is 0 Å². The van der Waals surface area contributed by atoms with Gasteiger partial charge in [0.05, 0.1) is 5.56 Å². The summed E-state index contributed by atoms with van der Waals surface area (Å²) >= 11 is 0. The molecule has 0 unspecified atom stereocenters. The van der Waals surface area contributed by atoms with E-state index in [2.05, 4.69) is 6.58 Å². The second-order valence-electron chi connectivity index (χ2n) is 3.61. The van der Waals surface area contributed by atoms with Gasteiger partial charge in [0.15, 0.2) is 0 Å². The molecule has 0 aliphatic heterocycles. The van der Waals surface area contributed by atoms with Gasteiger partial charge in [-0.1, -0.05) is 32.1 Å². The number of alkyl halides is 3. The highest BCUT2D eigenvalue weighted by molar-refractivity contribution is 5.42. The first-order valence-electron chi connectivity index (χ1n) is 5.06. The molecular formula is C13H14F3. The Bertz CT molecular complexity index is 377. The highest BCUT2D eigenvalue weighted by Gasteiger charge is 2.33. The van der Waals surface area contributed by atoms with Crippen molar-refractivity contribution in [1.82, 2.24) is 0 Å². The second kappa shape index (κ2) is 4.73. The fourth-order valence-corrected chi connectivity index (χ4v) is 1.51. The maximum Gasteiger partial charge on any atom is 0.416 e. The van der Waals surface area contributed by atoms with Crippen LogP contribution in [0.25, 0.3) is 0 Å². The largest absolute Gasteiger partial charge is 0.416 e. The molecule has 0 nitrogen and oxygen atoms in total. The van der Waals surface area contributed by atoms with Crippen LogP contribution in [0.1, 0.15) is 30.5 Å². The van der Waals surface area contributed by atoms with Crippen LogP contribution in [-0.4, -0.2) is 0 Å². The molecule has 0 N–H and O–H groups in total. The minimum atomic E-state index is -4.29. The lowest BCUT2D eigenvalue weighted by Crippen LogP contribution is -2.10. The lowest BCUT2D eigenvalue weighted by atomic mass is 9.95. The van der Waals surface area contributed by atoms with E-state index in [1.54, 1.807) is 26.0 Å². The van der Waals surface area contributed by atoms with E-state index in [4.69, 9.17) is 0 Å². The molecule has 0 aliphatic carbocycles. The van der Waals surface area contributed by atoms with Gasteiger partial charge < -0.3 is 0 Å². The Morgan fingerprint density at radius 3 is 2.44 bits per heavy atom. The van der Waals surface area contributed by atoms with Crippen molar-refractivity contribution < 1.29 is 13.2 Å². The summed E-state index contributed by atoms with van der Waals surface area (Å²) in [5, 5.41) is 0. The molecule has 1 aromatic carbocycles. The van der Waals surface area contributed by atoms with Crippen LogP contribution < -0.4 is 0 Å². The van der Waals surface area contributed by atoms with Gasteiger partial charge in [-0.2, -0.15) is 13.2 Å². The van der Waals surface area contributed by atoms with Crippen LogP contribution in [0.3, 0.4) is 0 Å². The third-order valence-corrected chi connectivity index (χ3v) is 2.56. The van der Waals surface area contributed by atoms with E-state index in [0.29, 0.717) is 17.5 Å². The van der Waals surface area contributed by atoms with Crippen LogP contribution in [0.2, 0.25) is 0 Å². The summed E-state index contributed by atoms with van der Waals surface area (Å²) in [6.07, 6.45) is -2.35. The monoisotopic (exact) mass is 227 g/mol. The van der Waals surface area contributed by atoms with E-state index in [1.807, 2.05) is 0 Å². The SMILES string of the molecule is C=C[C](C)c1ccc(CC)c(C(F)(F)F)c1. The summed E-state index contributed by atoms with van der Waals surface area (Å²) in [5.74, 6) is 0.744. The molecule has 0 heterocycles. The molecule has 0 saturated carbocycles. The van der Waals surface area contributed by atoms with Gasteiger partial charge in [-0.15, -0.1) is 6.58 Å². The molecule has 1 aromatic rings. The average molecular weight is 227 g/mol. The molecule has 3 heteroatoms. The summed E-state index contributed by atoms with van der Waals surface area (Å²) in [5.41, 5.74) is 0.348. The van der Waals surface area contributed by atoms with E-state index in [9.17, 15) is 13.2 Å². The van der Waals surface area contributed by atoms with Crippen molar-refractivity contribution in [2.45, 2.75) is 26.4 Å². The standard InChI is InChI=1S/C13H14F3/c1-4-9(3)11-7-6-10(5-2)12(8-11)13(14,15)16/h4,6-8H,1,5H2,2-3H3. The summed E-state index contributed by atoms with van der Waals surface area (Å²) in [4.78, 5) is 0. The smallest absolute Gasteiger partial charge is 0.166 e. The Morgan fingerprint density at radius 2 is 2.00 bits per heavy atom. The third kappa shape index (κ3) is 2.65. The summed E-state index contributed by atoms with van der Waals surface area (Å²) in [6, 6.07) is 4.42. The van der Waals surface area contributed by atoms with E-state index >= 15 is 0 Å². The van der Waals surface area contributed by atoms with Gasteiger partial charge in [-0.3, -0.25) is 0 Å². The lowest BCUT2D eigenvalue weighted by molar-refractivity contribution is -0.138. The van der Waals surface area contributed by atoms with Gasteiger partial charge in [0.2, 0.25) is 0 Å². The molecule has 0 saturated heterocycles. The molecule has 1 rings (SSSR count). The van der Waals surface area contributed by atoms with Crippen molar-refractivity contribution in [3.05, 3.63) is 53.5 Å². The Morgan fingerprint density at radius 1 is 1.38 bits per heavy atom. The maximum absolute atomic E-state index is 12.7. The van der Waals surface area contributed by atoms with Crippen molar-refractivity contribution in [1.29, 1.82) is 0 Å². The topological polar surface area (TPSA) is 0 Å². The average Bonchev–Trinajstić information content (AvgIpc) is 2.26. The third-order valence-electron chi connectivity index (χ3n) is 2.56. The number of allylic oxidation sites excluding steroid dienone is 1. The van der Waals surface area contributed by atoms with Crippen LogP contribution in [-0.2, 0) is 12.6 Å². The van der Waals surface area contributed by atoms with Crippen molar-refractivity contribution in [2.75, 3.05) is 0 Å². The first-order valence-corrected chi connectivity index (χ1v) is 5.06. The molecule has 0 aliphatic rings. The number of benzene rings is 1. The van der Waals surface area contributed by atoms with Crippen molar-refractivity contribution in [3.63, 3.8) is 0 Å². The van der Waals surface area contributed by atoms with Crippen LogP contribution in [0, 0.1) is 5.92 Å². The molecule has 0 fully saturated rings. The molecule has 16 heavy (non-hydrogen) atoms. The second-order valence-corrected chi connectivity index (χ2v) is 3.61. The number of hydrogen-bond donors (Lipinski definition) is 0. The fraction of sp³-hybridized carbons (Fsp3) is 0.308. The highest BCUT2D eigenvalue weighted by atomic mass is 19.4. The van der Waals surface area contributed by atoms with Gasteiger partial charge in [-0.25, -0.2) is 0 Å². The predicted molar refractivity (Wildman–Crippen MR) is 59.0 cm³/mol. The fourth-order valence-electron chi connectivity index (χ4n) is 1.51. The molecular weight excluding hydrogens is 213 g/mol. The van der Waals surface area contributed by atoms with E-state index < -0.39 is 11.7 Å². The van der Waals surface area contributed by atoms with Crippen molar-refractivity contribution in [2.24, 2.45) is 0 Å². The zero-order valence-corrected chi connectivity index (χ0v) is 9.36. The van der Waals surface area contributed by atoms with E-state index in [0.717, 1.165) is 5.92 Å². The van der Waals surface area contributed by atoms with Gasteiger partial charge in [-0.05, 0) is 23.6 Å². The molecule has 0 aromatic heterocycles. The molecule has 0 spiro atoms. The van der Waals surface area contributed by atoms with E-state index in [1.165, 1.54) is 12.1 Å². The van der Waals surface area contributed by atoms with E-state index in [-0.39, 0.29) is 0 Å². The van der Waals surface area contributed by atoms with Gasteiger partial charge in [0, 0.05) is 5.92 Å². The summed E-state index contributed by atoms with van der Waals surface area (Å²) in [6.45, 7) is 7.01. The van der Waals surface area contributed by atoms with Crippen LogP contribution in [0.4, 0.5) is 13.2 Å².